The highest BCUT2D eigenvalue weighted by atomic mass is 19.1. The van der Waals surface area contributed by atoms with Gasteiger partial charge in [0.2, 0.25) is 0 Å². The number of rotatable bonds is 3. The molecule has 0 N–H and O–H groups in total. The summed E-state index contributed by atoms with van der Waals surface area (Å²) in [5.41, 5.74) is 2.84. The smallest absolute Gasteiger partial charge is 0.122 e. The van der Waals surface area contributed by atoms with Crippen LogP contribution in [-0.2, 0) is 0 Å². The van der Waals surface area contributed by atoms with Crippen LogP contribution in [0, 0.1) is 11.3 Å². The zero-order valence-electron chi connectivity index (χ0n) is 10.8. The molecule has 0 saturated carbocycles. The molecule has 16 heavy (non-hydrogen) atoms. The van der Waals surface area contributed by atoms with Gasteiger partial charge in [-0.15, -0.1) is 0 Å². The molecular weight excluding hydrogens is 199 g/mol. The van der Waals surface area contributed by atoms with Crippen molar-refractivity contribution in [3.63, 3.8) is 0 Å². The van der Waals surface area contributed by atoms with Gasteiger partial charge in [0.15, 0.2) is 0 Å². The van der Waals surface area contributed by atoms with E-state index in [0.717, 1.165) is 24.8 Å². The highest BCUT2D eigenvalue weighted by Crippen LogP contribution is 2.56. The quantitative estimate of drug-likeness (QED) is 0.618. The Morgan fingerprint density at radius 3 is 2.75 bits per heavy atom. The Hall–Kier alpha value is -0.590. The lowest BCUT2D eigenvalue weighted by atomic mass is 9.66. The second-order valence-electron chi connectivity index (χ2n) is 5.37. The first-order valence-corrected chi connectivity index (χ1v) is 6.74. The summed E-state index contributed by atoms with van der Waals surface area (Å²) in [4.78, 5) is 0. The zero-order valence-corrected chi connectivity index (χ0v) is 10.8. The minimum atomic E-state index is 0.0832. The number of hydrogen-bond acceptors (Lipinski definition) is 0. The first-order chi connectivity index (χ1) is 7.65. The molecule has 0 amide bonds. The summed E-state index contributed by atoms with van der Waals surface area (Å²) in [5, 5.41) is 0. The largest absolute Gasteiger partial charge is 0.207 e. The standard InChI is InChI=1S/C15H23F/c1-4-11(3)15(5-2)10-9-12-13(15)7-6-8-14(12)16/h8,11H,4-7,9-10H2,1-3H3. The van der Waals surface area contributed by atoms with Crippen molar-refractivity contribution in [3.05, 3.63) is 23.0 Å². The van der Waals surface area contributed by atoms with E-state index in [0.29, 0.717) is 11.3 Å². The van der Waals surface area contributed by atoms with Gasteiger partial charge >= 0.3 is 0 Å². The van der Waals surface area contributed by atoms with Gasteiger partial charge in [0.05, 0.1) is 0 Å². The molecule has 0 nitrogen and oxygen atoms in total. The second kappa shape index (κ2) is 4.35. The van der Waals surface area contributed by atoms with Crippen LogP contribution < -0.4 is 0 Å². The van der Waals surface area contributed by atoms with E-state index in [1.807, 2.05) is 0 Å². The molecule has 0 aromatic carbocycles. The Bertz CT molecular complexity index is 337. The average molecular weight is 222 g/mol. The summed E-state index contributed by atoms with van der Waals surface area (Å²) in [5.74, 6) is 0.774. The molecule has 0 fully saturated rings. The van der Waals surface area contributed by atoms with E-state index in [4.69, 9.17) is 0 Å². The minimum Gasteiger partial charge on any atom is -0.207 e. The minimum absolute atomic E-state index is 0.0832. The van der Waals surface area contributed by atoms with Crippen LogP contribution >= 0.6 is 0 Å². The van der Waals surface area contributed by atoms with E-state index in [2.05, 4.69) is 20.8 Å². The molecule has 0 heterocycles. The van der Waals surface area contributed by atoms with Crippen molar-refractivity contribution in [2.75, 3.05) is 0 Å². The molecule has 2 aliphatic rings. The van der Waals surface area contributed by atoms with Crippen LogP contribution in [-0.4, -0.2) is 0 Å². The molecule has 90 valence electrons. The second-order valence-corrected chi connectivity index (χ2v) is 5.37. The molecule has 0 bridgehead atoms. The Kier molecular flexibility index (Phi) is 3.23. The molecule has 0 radical (unpaired) electrons. The predicted molar refractivity (Wildman–Crippen MR) is 66.9 cm³/mol. The molecule has 0 aromatic heterocycles. The van der Waals surface area contributed by atoms with E-state index < -0.39 is 0 Å². The van der Waals surface area contributed by atoms with Crippen molar-refractivity contribution in [1.29, 1.82) is 0 Å². The van der Waals surface area contributed by atoms with Crippen molar-refractivity contribution in [2.24, 2.45) is 11.3 Å². The van der Waals surface area contributed by atoms with E-state index >= 15 is 0 Å². The Balaban J connectivity index is 2.40. The van der Waals surface area contributed by atoms with Crippen LogP contribution in [0.5, 0.6) is 0 Å². The fourth-order valence-corrected chi connectivity index (χ4v) is 3.75. The summed E-state index contributed by atoms with van der Waals surface area (Å²) >= 11 is 0. The van der Waals surface area contributed by atoms with Gasteiger partial charge in [0.1, 0.15) is 5.83 Å². The van der Waals surface area contributed by atoms with E-state index in [1.54, 1.807) is 6.08 Å². The molecular formula is C15H23F. The highest BCUT2D eigenvalue weighted by molar-refractivity contribution is 5.42. The Morgan fingerprint density at radius 2 is 2.12 bits per heavy atom. The molecule has 2 atom stereocenters. The molecule has 1 heteroatoms. The average Bonchev–Trinajstić information content (AvgIpc) is 2.69. The number of allylic oxidation sites excluding steroid dienone is 4. The lowest BCUT2D eigenvalue weighted by Gasteiger charge is -2.38. The fraction of sp³-hybridized carbons (Fsp3) is 0.733. The van der Waals surface area contributed by atoms with Crippen LogP contribution in [0.1, 0.15) is 59.3 Å². The van der Waals surface area contributed by atoms with E-state index in [9.17, 15) is 4.39 Å². The molecule has 0 saturated heterocycles. The Morgan fingerprint density at radius 1 is 1.38 bits per heavy atom. The third kappa shape index (κ3) is 1.56. The Labute approximate surface area is 98.6 Å². The lowest BCUT2D eigenvalue weighted by molar-refractivity contribution is 0.204. The molecule has 2 unspecified atom stereocenters. The summed E-state index contributed by atoms with van der Waals surface area (Å²) in [6.45, 7) is 6.88. The molecule has 0 spiro atoms. The fourth-order valence-electron chi connectivity index (χ4n) is 3.75. The first-order valence-electron chi connectivity index (χ1n) is 6.74. The molecule has 0 aromatic rings. The van der Waals surface area contributed by atoms with Gasteiger partial charge < -0.3 is 0 Å². The van der Waals surface area contributed by atoms with Crippen molar-refractivity contribution in [3.8, 4) is 0 Å². The van der Waals surface area contributed by atoms with Gasteiger partial charge in [0.25, 0.3) is 0 Å². The maximum Gasteiger partial charge on any atom is 0.122 e. The lowest BCUT2D eigenvalue weighted by Crippen LogP contribution is -2.28. The van der Waals surface area contributed by atoms with E-state index in [-0.39, 0.29) is 5.83 Å². The first kappa shape index (κ1) is 11.9. The van der Waals surface area contributed by atoms with Gasteiger partial charge in [-0.1, -0.05) is 32.8 Å². The van der Waals surface area contributed by atoms with Gasteiger partial charge in [-0.2, -0.15) is 0 Å². The topological polar surface area (TPSA) is 0 Å². The van der Waals surface area contributed by atoms with Crippen LogP contribution in [0.15, 0.2) is 23.0 Å². The molecule has 2 rings (SSSR count). The van der Waals surface area contributed by atoms with Gasteiger partial charge in [-0.3, -0.25) is 0 Å². The normalized spacial score (nSPS) is 31.4. The summed E-state index contributed by atoms with van der Waals surface area (Å²) in [6.07, 6.45) is 8.30. The summed E-state index contributed by atoms with van der Waals surface area (Å²) in [7, 11) is 0. The SMILES string of the molecule is CCC(C)C1(CC)CCC2=C1CCC=C2F. The third-order valence-corrected chi connectivity index (χ3v) is 4.98. The zero-order chi connectivity index (χ0) is 11.8. The summed E-state index contributed by atoms with van der Waals surface area (Å²) < 4.78 is 13.8. The van der Waals surface area contributed by atoms with Crippen LogP contribution in [0.2, 0.25) is 0 Å². The summed E-state index contributed by atoms with van der Waals surface area (Å²) in [6, 6.07) is 0. The van der Waals surface area contributed by atoms with Gasteiger partial charge in [0, 0.05) is 0 Å². The maximum atomic E-state index is 13.8. The van der Waals surface area contributed by atoms with Crippen molar-refractivity contribution in [2.45, 2.75) is 59.3 Å². The van der Waals surface area contributed by atoms with Crippen LogP contribution in [0.4, 0.5) is 4.39 Å². The van der Waals surface area contributed by atoms with Gasteiger partial charge in [-0.05, 0) is 55.1 Å². The van der Waals surface area contributed by atoms with Crippen LogP contribution in [0.3, 0.4) is 0 Å². The third-order valence-electron chi connectivity index (χ3n) is 4.98. The van der Waals surface area contributed by atoms with Crippen molar-refractivity contribution >= 4 is 0 Å². The molecule has 2 aliphatic carbocycles. The number of halogens is 1. The van der Waals surface area contributed by atoms with Crippen molar-refractivity contribution in [1.82, 2.24) is 0 Å². The molecule has 0 aliphatic heterocycles. The van der Waals surface area contributed by atoms with Gasteiger partial charge in [-0.25, -0.2) is 4.39 Å². The monoisotopic (exact) mass is 222 g/mol. The number of hydrogen-bond donors (Lipinski definition) is 0. The van der Waals surface area contributed by atoms with Crippen molar-refractivity contribution < 1.29 is 4.39 Å². The predicted octanol–water partition coefficient (Wildman–Crippen LogP) is 5.17. The van der Waals surface area contributed by atoms with E-state index in [1.165, 1.54) is 24.8 Å². The van der Waals surface area contributed by atoms with Crippen LogP contribution in [0.25, 0.3) is 0 Å². The maximum absolute atomic E-state index is 13.8. The highest BCUT2D eigenvalue weighted by Gasteiger charge is 2.43.